The van der Waals surface area contributed by atoms with E-state index in [1.165, 1.54) is 11.8 Å². The third-order valence-corrected chi connectivity index (χ3v) is 3.86. The molecule has 1 aromatic carbocycles. The average Bonchev–Trinajstić information content (AvgIpc) is 2.91. The molecular weight excluding hydrogens is 314 g/mol. The van der Waals surface area contributed by atoms with Gasteiger partial charge in [0.1, 0.15) is 17.7 Å². The van der Waals surface area contributed by atoms with E-state index in [4.69, 9.17) is 16.3 Å². The second-order valence-corrected chi connectivity index (χ2v) is 6.09. The van der Waals surface area contributed by atoms with Gasteiger partial charge in [-0.2, -0.15) is 0 Å². The van der Waals surface area contributed by atoms with E-state index >= 15 is 0 Å². The molecule has 6 heteroatoms. The second kappa shape index (κ2) is 6.98. The zero-order valence-corrected chi connectivity index (χ0v) is 13.6. The highest BCUT2D eigenvalue weighted by Gasteiger charge is 2.24. The summed E-state index contributed by atoms with van der Waals surface area (Å²) in [5.74, 6) is 1.33. The Balaban J connectivity index is 1.47. The SMILES string of the molecule is CN(CC(=O)Nc1ccc(Cl)cn1)CC1Cc2ccccc2O1. The third-order valence-electron chi connectivity index (χ3n) is 3.64. The minimum absolute atomic E-state index is 0.0823. The molecule has 1 N–H and O–H groups in total. The first-order valence-electron chi connectivity index (χ1n) is 7.44. The van der Waals surface area contributed by atoms with Crippen LogP contribution in [-0.2, 0) is 11.2 Å². The first kappa shape index (κ1) is 15.8. The molecule has 1 aliphatic rings. The first-order chi connectivity index (χ1) is 11.1. The molecule has 0 aliphatic carbocycles. The van der Waals surface area contributed by atoms with Gasteiger partial charge in [0.15, 0.2) is 0 Å². The summed E-state index contributed by atoms with van der Waals surface area (Å²) in [4.78, 5) is 18.0. The highest BCUT2D eigenvalue weighted by atomic mass is 35.5. The Labute approximate surface area is 140 Å². The van der Waals surface area contributed by atoms with E-state index in [9.17, 15) is 4.79 Å². The standard InChI is InChI=1S/C17H18ClN3O2/c1-21(10-14-8-12-4-2-3-5-15(12)23-14)11-17(22)20-16-7-6-13(18)9-19-16/h2-7,9,14H,8,10-11H2,1H3,(H,19,20,22). The molecule has 0 radical (unpaired) electrons. The van der Waals surface area contributed by atoms with Gasteiger partial charge in [-0.25, -0.2) is 4.98 Å². The number of nitrogens with zero attached hydrogens (tertiary/aromatic N) is 2. The molecular formula is C17H18ClN3O2. The van der Waals surface area contributed by atoms with Crippen molar-refractivity contribution in [3.05, 3.63) is 53.2 Å². The lowest BCUT2D eigenvalue weighted by atomic mass is 10.1. The van der Waals surface area contributed by atoms with Crippen molar-refractivity contribution in [2.45, 2.75) is 12.5 Å². The minimum atomic E-state index is -0.113. The number of nitrogens with one attached hydrogen (secondary N) is 1. The molecule has 120 valence electrons. The van der Waals surface area contributed by atoms with Crippen molar-refractivity contribution in [3.8, 4) is 5.75 Å². The van der Waals surface area contributed by atoms with E-state index in [-0.39, 0.29) is 18.6 Å². The number of anilines is 1. The molecule has 0 fully saturated rings. The quantitative estimate of drug-likeness (QED) is 0.915. The number of pyridine rings is 1. The van der Waals surface area contributed by atoms with Crippen LogP contribution in [0.1, 0.15) is 5.56 Å². The Bertz CT molecular complexity index is 665. The molecule has 0 bridgehead atoms. The third kappa shape index (κ3) is 4.21. The molecule has 2 heterocycles. The van der Waals surface area contributed by atoms with E-state index < -0.39 is 0 Å². The number of benzene rings is 1. The van der Waals surface area contributed by atoms with Crippen molar-refractivity contribution < 1.29 is 9.53 Å². The van der Waals surface area contributed by atoms with E-state index in [0.717, 1.165) is 12.2 Å². The summed E-state index contributed by atoms with van der Waals surface area (Å²) < 4.78 is 5.89. The van der Waals surface area contributed by atoms with Crippen molar-refractivity contribution in [2.75, 3.05) is 25.5 Å². The topological polar surface area (TPSA) is 54.5 Å². The summed E-state index contributed by atoms with van der Waals surface area (Å²) in [5.41, 5.74) is 1.22. The number of fused-ring (bicyclic) bond motifs is 1. The van der Waals surface area contributed by atoms with E-state index in [1.54, 1.807) is 12.1 Å². The predicted molar refractivity (Wildman–Crippen MR) is 89.9 cm³/mol. The van der Waals surface area contributed by atoms with Crippen LogP contribution in [0.2, 0.25) is 5.02 Å². The number of rotatable bonds is 5. The summed E-state index contributed by atoms with van der Waals surface area (Å²) in [6.07, 6.45) is 2.46. The normalized spacial score (nSPS) is 16.0. The van der Waals surface area contributed by atoms with E-state index in [0.29, 0.717) is 17.4 Å². The summed E-state index contributed by atoms with van der Waals surface area (Å²) in [5, 5.41) is 3.29. The Morgan fingerprint density at radius 1 is 1.39 bits per heavy atom. The molecule has 0 saturated carbocycles. The monoisotopic (exact) mass is 331 g/mol. The van der Waals surface area contributed by atoms with Crippen LogP contribution in [-0.4, -0.2) is 42.0 Å². The zero-order chi connectivity index (χ0) is 16.2. The number of likely N-dealkylation sites (N-methyl/N-ethyl adjacent to an activating group) is 1. The van der Waals surface area contributed by atoms with Crippen molar-refractivity contribution in [2.24, 2.45) is 0 Å². The second-order valence-electron chi connectivity index (χ2n) is 5.66. The molecule has 2 aromatic rings. The zero-order valence-electron chi connectivity index (χ0n) is 12.8. The van der Waals surface area contributed by atoms with Crippen LogP contribution >= 0.6 is 11.6 Å². The van der Waals surface area contributed by atoms with Crippen LogP contribution in [0.4, 0.5) is 5.82 Å². The molecule has 0 saturated heterocycles. The molecule has 1 aromatic heterocycles. The Morgan fingerprint density at radius 2 is 2.22 bits per heavy atom. The number of ether oxygens (including phenoxy) is 1. The number of aromatic nitrogens is 1. The molecule has 1 aliphatic heterocycles. The summed E-state index contributed by atoms with van der Waals surface area (Å²) in [6.45, 7) is 0.969. The molecule has 5 nitrogen and oxygen atoms in total. The van der Waals surface area contributed by atoms with Crippen molar-refractivity contribution in [1.29, 1.82) is 0 Å². The lowest BCUT2D eigenvalue weighted by Gasteiger charge is -2.20. The molecule has 1 atom stereocenters. The van der Waals surface area contributed by atoms with Crippen molar-refractivity contribution in [3.63, 3.8) is 0 Å². The van der Waals surface area contributed by atoms with Crippen LogP contribution in [0, 0.1) is 0 Å². The highest BCUT2D eigenvalue weighted by molar-refractivity contribution is 6.30. The van der Waals surface area contributed by atoms with Gasteiger partial charge in [-0.05, 0) is 30.8 Å². The maximum atomic E-state index is 12.0. The Morgan fingerprint density at radius 3 is 2.96 bits per heavy atom. The number of carbonyl (C=O) groups is 1. The summed E-state index contributed by atoms with van der Waals surface area (Å²) in [6, 6.07) is 11.4. The maximum absolute atomic E-state index is 12.0. The number of carbonyl (C=O) groups excluding carboxylic acids is 1. The Kier molecular flexibility index (Phi) is 4.79. The molecule has 3 rings (SSSR count). The number of hydrogen-bond acceptors (Lipinski definition) is 4. The molecule has 23 heavy (non-hydrogen) atoms. The van der Waals surface area contributed by atoms with Gasteiger partial charge in [0, 0.05) is 19.2 Å². The van der Waals surface area contributed by atoms with Crippen LogP contribution in [0.3, 0.4) is 0 Å². The summed E-state index contributed by atoms with van der Waals surface area (Å²) in [7, 11) is 1.90. The fraction of sp³-hybridized carbons (Fsp3) is 0.294. The van der Waals surface area contributed by atoms with E-state index in [1.807, 2.05) is 30.1 Å². The minimum Gasteiger partial charge on any atom is -0.488 e. The first-order valence-corrected chi connectivity index (χ1v) is 7.82. The largest absolute Gasteiger partial charge is 0.488 e. The fourth-order valence-electron chi connectivity index (χ4n) is 2.65. The lowest BCUT2D eigenvalue weighted by Crippen LogP contribution is -2.37. The van der Waals surface area contributed by atoms with Gasteiger partial charge in [-0.3, -0.25) is 9.69 Å². The van der Waals surface area contributed by atoms with Crippen LogP contribution in [0.5, 0.6) is 5.75 Å². The van der Waals surface area contributed by atoms with E-state index in [2.05, 4.69) is 16.4 Å². The van der Waals surface area contributed by atoms with Gasteiger partial charge in [0.05, 0.1) is 11.6 Å². The van der Waals surface area contributed by atoms with Gasteiger partial charge in [-0.1, -0.05) is 29.8 Å². The number of hydrogen-bond donors (Lipinski definition) is 1. The molecule has 1 unspecified atom stereocenters. The highest BCUT2D eigenvalue weighted by Crippen LogP contribution is 2.28. The van der Waals surface area contributed by atoms with Crippen LogP contribution < -0.4 is 10.1 Å². The van der Waals surface area contributed by atoms with Gasteiger partial charge < -0.3 is 10.1 Å². The van der Waals surface area contributed by atoms with Crippen LogP contribution in [0.25, 0.3) is 0 Å². The fourth-order valence-corrected chi connectivity index (χ4v) is 2.76. The van der Waals surface area contributed by atoms with Crippen LogP contribution in [0.15, 0.2) is 42.6 Å². The van der Waals surface area contributed by atoms with Gasteiger partial charge in [-0.15, -0.1) is 0 Å². The predicted octanol–water partition coefficient (Wildman–Crippen LogP) is 2.61. The smallest absolute Gasteiger partial charge is 0.239 e. The lowest BCUT2D eigenvalue weighted by molar-refractivity contribution is -0.117. The number of para-hydroxylation sites is 1. The van der Waals surface area contributed by atoms with Gasteiger partial charge in [0.25, 0.3) is 0 Å². The number of amides is 1. The summed E-state index contributed by atoms with van der Waals surface area (Å²) >= 11 is 5.77. The van der Waals surface area contributed by atoms with Crippen molar-refractivity contribution >= 4 is 23.3 Å². The molecule has 0 spiro atoms. The van der Waals surface area contributed by atoms with Gasteiger partial charge in [0.2, 0.25) is 5.91 Å². The number of halogens is 1. The maximum Gasteiger partial charge on any atom is 0.239 e. The molecule has 1 amide bonds. The average molecular weight is 332 g/mol. The van der Waals surface area contributed by atoms with Crippen molar-refractivity contribution in [1.82, 2.24) is 9.88 Å². The van der Waals surface area contributed by atoms with Gasteiger partial charge >= 0.3 is 0 Å². The Hall–Kier alpha value is -2.11.